The van der Waals surface area contributed by atoms with Gasteiger partial charge in [-0.1, -0.05) is 48.2 Å². The van der Waals surface area contributed by atoms with Gasteiger partial charge in [-0.25, -0.2) is 9.97 Å². The summed E-state index contributed by atoms with van der Waals surface area (Å²) in [5.41, 5.74) is 2.52. The maximum Gasteiger partial charge on any atom is 0.262 e. The molecule has 3 aromatic heterocycles. The lowest BCUT2D eigenvalue weighted by Gasteiger charge is -2.12. The molecule has 0 spiro atoms. The topological polar surface area (TPSA) is 60.9 Å². The molecule has 0 saturated carbocycles. The highest BCUT2D eigenvalue weighted by Gasteiger charge is 2.16. The molecule has 0 aliphatic heterocycles. The van der Waals surface area contributed by atoms with E-state index in [2.05, 4.69) is 11.4 Å². The minimum atomic E-state index is -0.00324. The number of para-hydroxylation sites is 1. The van der Waals surface area contributed by atoms with Gasteiger partial charge in [0.1, 0.15) is 5.76 Å². The van der Waals surface area contributed by atoms with Crippen molar-refractivity contribution in [3.63, 3.8) is 0 Å². The smallest absolute Gasteiger partial charge is 0.262 e. The zero-order chi connectivity index (χ0) is 21.9. The molecule has 7 heteroatoms. The first-order chi connectivity index (χ1) is 15.7. The second kappa shape index (κ2) is 9.14. The summed E-state index contributed by atoms with van der Waals surface area (Å²) in [7, 11) is 0. The van der Waals surface area contributed by atoms with Crippen LogP contribution in [0.3, 0.4) is 0 Å². The zero-order valence-corrected chi connectivity index (χ0v) is 19.2. The Hall–Kier alpha value is -3.16. The molecule has 0 saturated heterocycles. The molecule has 0 radical (unpaired) electrons. The van der Waals surface area contributed by atoms with Gasteiger partial charge in [-0.05, 0) is 49.1 Å². The molecule has 0 bridgehead atoms. The van der Waals surface area contributed by atoms with E-state index in [1.54, 1.807) is 15.9 Å². The van der Waals surface area contributed by atoms with Crippen LogP contribution < -0.4 is 5.56 Å². The monoisotopic (exact) mass is 459 g/mol. The van der Waals surface area contributed by atoms with Gasteiger partial charge in [0.25, 0.3) is 5.56 Å². The van der Waals surface area contributed by atoms with Crippen molar-refractivity contribution < 1.29 is 4.42 Å². The van der Waals surface area contributed by atoms with Crippen molar-refractivity contribution in [1.82, 2.24) is 14.5 Å². The first kappa shape index (κ1) is 20.7. The highest BCUT2D eigenvalue weighted by molar-refractivity contribution is 7.98. The summed E-state index contributed by atoms with van der Waals surface area (Å²) in [5, 5.41) is 3.41. The highest BCUT2D eigenvalue weighted by Crippen LogP contribution is 2.27. The molecular formula is C25H21N3O2S2. The van der Waals surface area contributed by atoms with Crippen LogP contribution in [-0.4, -0.2) is 14.5 Å². The Bertz CT molecular complexity index is 1410. The molecule has 32 heavy (non-hydrogen) atoms. The Morgan fingerprint density at radius 3 is 2.62 bits per heavy atom. The number of hydrogen-bond donors (Lipinski definition) is 0. The fourth-order valence-corrected chi connectivity index (χ4v) is 5.26. The number of hydrogen-bond acceptors (Lipinski definition) is 6. The van der Waals surface area contributed by atoms with Crippen LogP contribution in [0.2, 0.25) is 0 Å². The van der Waals surface area contributed by atoms with E-state index in [9.17, 15) is 4.79 Å². The molecule has 0 aliphatic rings. The van der Waals surface area contributed by atoms with Gasteiger partial charge in [0, 0.05) is 22.7 Å². The van der Waals surface area contributed by atoms with E-state index in [1.165, 1.54) is 16.6 Å². The number of rotatable bonds is 7. The third-order valence-electron chi connectivity index (χ3n) is 5.24. The van der Waals surface area contributed by atoms with Crippen LogP contribution in [0.15, 0.2) is 86.5 Å². The summed E-state index contributed by atoms with van der Waals surface area (Å²) >= 11 is 3.23. The second-order valence-corrected chi connectivity index (χ2v) is 9.35. The number of thiophene rings is 1. The van der Waals surface area contributed by atoms with Crippen molar-refractivity contribution in [2.24, 2.45) is 0 Å². The number of benzene rings is 2. The molecule has 5 rings (SSSR count). The molecule has 160 valence electrons. The summed E-state index contributed by atoms with van der Waals surface area (Å²) in [6.45, 7) is 2.51. The summed E-state index contributed by atoms with van der Waals surface area (Å²) < 4.78 is 7.69. The van der Waals surface area contributed by atoms with Gasteiger partial charge < -0.3 is 4.42 Å². The van der Waals surface area contributed by atoms with Crippen molar-refractivity contribution in [3.05, 3.63) is 98.8 Å². The Morgan fingerprint density at radius 2 is 1.81 bits per heavy atom. The molecule has 5 nitrogen and oxygen atoms in total. The summed E-state index contributed by atoms with van der Waals surface area (Å²) in [5.74, 6) is 1.97. The van der Waals surface area contributed by atoms with Crippen LogP contribution in [0, 0.1) is 6.92 Å². The van der Waals surface area contributed by atoms with Crippen LogP contribution in [0.25, 0.3) is 22.4 Å². The minimum absolute atomic E-state index is 0.00324. The SMILES string of the molecule is Cc1oc(-c2ccccc2)nc1CSc1nc2ccccc2c(=O)n1CCc1cccs1. The molecule has 2 aromatic carbocycles. The molecule has 5 aromatic rings. The van der Waals surface area contributed by atoms with Crippen LogP contribution in [0.4, 0.5) is 0 Å². The lowest BCUT2D eigenvalue weighted by Crippen LogP contribution is -2.24. The van der Waals surface area contributed by atoms with Crippen molar-refractivity contribution in [2.75, 3.05) is 0 Å². The lowest BCUT2D eigenvalue weighted by molar-refractivity contribution is 0.540. The maximum atomic E-state index is 13.3. The number of aromatic nitrogens is 3. The Kier molecular flexibility index (Phi) is 5.92. The molecule has 0 atom stereocenters. The molecule has 3 heterocycles. The standard InChI is InChI=1S/C25H21N3O2S2/c1-17-22(26-23(30-17)18-8-3-2-4-9-18)16-32-25-27-21-12-6-5-11-20(21)24(29)28(25)14-13-19-10-7-15-31-19/h2-12,15H,13-14,16H2,1H3. The van der Waals surface area contributed by atoms with Crippen LogP contribution in [0.5, 0.6) is 0 Å². The number of oxazole rings is 1. The van der Waals surface area contributed by atoms with E-state index in [-0.39, 0.29) is 5.56 Å². The highest BCUT2D eigenvalue weighted by atomic mass is 32.2. The lowest BCUT2D eigenvalue weighted by atomic mass is 10.2. The fourth-order valence-electron chi connectivity index (χ4n) is 3.53. The van der Waals surface area contributed by atoms with E-state index in [4.69, 9.17) is 14.4 Å². The molecule has 0 unspecified atom stereocenters. The van der Waals surface area contributed by atoms with E-state index in [1.807, 2.05) is 67.6 Å². The van der Waals surface area contributed by atoms with Crippen LogP contribution in [-0.2, 0) is 18.7 Å². The van der Waals surface area contributed by atoms with Crippen LogP contribution in [0.1, 0.15) is 16.3 Å². The molecule has 0 N–H and O–H groups in total. The van der Waals surface area contributed by atoms with Gasteiger partial charge in [-0.2, -0.15) is 0 Å². The van der Waals surface area contributed by atoms with E-state index in [0.717, 1.165) is 23.4 Å². The van der Waals surface area contributed by atoms with Crippen LogP contribution >= 0.6 is 23.1 Å². The summed E-state index contributed by atoms with van der Waals surface area (Å²) in [6.07, 6.45) is 0.798. The molecular weight excluding hydrogens is 438 g/mol. The second-order valence-electron chi connectivity index (χ2n) is 7.37. The maximum absolute atomic E-state index is 13.3. The predicted molar refractivity (Wildman–Crippen MR) is 130 cm³/mol. The number of fused-ring (bicyclic) bond motifs is 1. The van der Waals surface area contributed by atoms with Crippen molar-refractivity contribution in [1.29, 1.82) is 0 Å². The van der Waals surface area contributed by atoms with Crippen molar-refractivity contribution in [2.45, 2.75) is 30.8 Å². The third-order valence-corrected chi connectivity index (χ3v) is 7.16. The Balaban J connectivity index is 1.45. The first-order valence-corrected chi connectivity index (χ1v) is 12.2. The molecule has 0 fully saturated rings. The van der Waals surface area contributed by atoms with E-state index in [0.29, 0.717) is 34.2 Å². The van der Waals surface area contributed by atoms with Gasteiger partial charge in [0.05, 0.1) is 16.6 Å². The first-order valence-electron chi connectivity index (χ1n) is 10.4. The minimum Gasteiger partial charge on any atom is -0.441 e. The van der Waals surface area contributed by atoms with Gasteiger partial charge in [-0.15, -0.1) is 11.3 Å². The zero-order valence-electron chi connectivity index (χ0n) is 17.5. The average Bonchev–Trinajstić information content (AvgIpc) is 3.47. The largest absolute Gasteiger partial charge is 0.441 e. The van der Waals surface area contributed by atoms with Gasteiger partial charge >= 0.3 is 0 Å². The number of nitrogens with zero attached hydrogens (tertiary/aromatic N) is 3. The number of aryl methyl sites for hydroxylation is 2. The summed E-state index contributed by atoms with van der Waals surface area (Å²) in [6, 6.07) is 21.5. The van der Waals surface area contributed by atoms with E-state index >= 15 is 0 Å². The quantitative estimate of drug-likeness (QED) is 0.222. The van der Waals surface area contributed by atoms with Crippen molar-refractivity contribution >= 4 is 34.0 Å². The van der Waals surface area contributed by atoms with Gasteiger partial charge in [-0.3, -0.25) is 9.36 Å². The normalized spacial score (nSPS) is 11.3. The van der Waals surface area contributed by atoms with Gasteiger partial charge in [0.15, 0.2) is 5.16 Å². The molecule has 0 amide bonds. The Labute approximate surface area is 193 Å². The number of thioether (sulfide) groups is 1. The Morgan fingerprint density at radius 1 is 1.00 bits per heavy atom. The molecule has 0 aliphatic carbocycles. The summed E-state index contributed by atoms with van der Waals surface area (Å²) in [4.78, 5) is 24.0. The third kappa shape index (κ3) is 4.26. The predicted octanol–water partition coefficient (Wildman–Crippen LogP) is 5.96. The van der Waals surface area contributed by atoms with Crippen molar-refractivity contribution in [3.8, 4) is 11.5 Å². The fraction of sp³-hybridized carbons (Fsp3) is 0.160. The van der Waals surface area contributed by atoms with Gasteiger partial charge in [0.2, 0.25) is 5.89 Å². The average molecular weight is 460 g/mol. The van der Waals surface area contributed by atoms with E-state index < -0.39 is 0 Å².